The van der Waals surface area contributed by atoms with Gasteiger partial charge < -0.3 is 15.8 Å². The Balaban J connectivity index is 3.75. The molecular formula is C7H12N2O3. The minimum absolute atomic E-state index is 0.101. The van der Waals surface area contributed by atoms with E-state index in [0.29, 0.717) is 6.29 Å². The summed E-state index contributed by atoms with van der Waals surface area (Å²) in [5.41, 5.74) is 4.86. The molecule has 5 nitrogen and oxygen atoms in total. The highest BCUT2D eigenvalue weighted by atomic mass is 16.2. The number of primary amides is 1. The molecule has 0 saturated carbocycles. The molecule has 0 aliphatic rings. The summed E-state index contributed by atoms with van der Waals surface area (Å²) in [5, 5.41) is 2.37. The third-order valence-corrected chi connectivity index (χ3v) is 1.25. The van der Waals surface area contributed by atoms with Gasteiger partial charge in [-0.15, -0.1) is 0 Å². The van der Waals surface area contributed by atoms with Crippen molar-refractivity contribution in [2.75, 3.05) is 0 Å². The summed E-state index contributed by atoms with van der Waals surface area (Å²) in [6, 6.07) is -0.602. The van der Waals surface area contributed by atoms with Crippen molar-refractivity contribution in [3.8, 4) is 0 Å². The Morgan fingerprint density at radius 3 is 2.50 bits per heavy atom. The number of aldehydes is 1. The quantitative estimate of drug-likeness (QED) is 0.519. The van der Waals surface area contributed by atoms with E-state index in [1.807, 2.05) is 0 Å². The Bertz CT molecular complexity index is 191. The van der Waals surface area contributed by atoms with E-state index in [1.54, 1.807) is 0 Å². The molecule has 1 atom stereocenters. The zero-order chi connectivity index (χ0) is 9.56. The maximum absolute atomic E-state index is 10.5. The van der Waals surface area contributed by atoms with Crippen molar-refractivity contribution in [3.05, 3.63) is 0 Å². The number of nitrogens with one attached hydrogen (secondary N) is 1. The molecule has 68 valence electrons. The van der Waals surface area contributed by atoms with Crippen LogP contribution in [0.3, 0.4) is 0 Å². The standard InChI is InChI=1S/C7H12N2O3/c1-5(11)9-6(4-10)2-3-7(8)12/h4,6H,2-3H2,1H3,(H2,8,12)(H,9,11). The maximum atomic E-state index is 10.5. The summed E-state index contributed by atoms with van der Waals surface area (Å²) < 4.78 is 0. The lowest BCUT2D eigenvalue weighted by atomic mass is 10.2. The van der Waals surface area contributed by atoms with Crippen LogP contribution in [-0.4, -0.2) is 24.1 Å². The molecule has 0 fully saturated rings. The van der Waals surface area contributed by atoms with E-state index < -0.39 is 11.9 Å². The number of nitrogens with two attached hydrogens (primary N) is 1. The Morgan fingerprint density at radius 1 is 1.58 bits per heavy atom. The van der Waals surface area contributed by atoms with Gasteiger partial charge in [0.15, 0.2) is 0 Å². The third-order valence-electron chi connectivity index (χ3n) is 1.25. The van der Waals surface area contributed by atoms with Crippen LogP contribution in [0.15, 0.2) is 0 Å². The summed E-state index contributed by atoms with van der Waals surface area (Å²) in [5.74, 6) is -0.774. The minimum Gasteiger partial charge on any atom is -0.370 e. The van der Waals surface area contributed by atoms with Crippen molar-refractivity contribution in [2.24, 2.45) is 5.73 Å². The number of rotatable bonds is 5. The fraction of sp³-hybridized carbons (Fsp3) is 0.571. The van der Waals surface area contributed by atoms with E-state index in [2.05, 4.69) is 5.32 Å². The number of hydrogen-bond acceptors (Lipinski definition) is 3. The molecule has 0 saturated heterocycles. The molecular weight excluding hydrogens is 160 g/mol. The van der Waals surface area contributed by atoms with Crippen LogP contribution in [0.2, 0.25) is 0 Å². The van der Waals surface area contributed by atoms with Crippen molar-refractivity contribution in [2.45, 2.75) is 25.8 Å². The number of amides is 2. The fourth-order valence-electron chi connectivity index (χ4n) is 0.733. The second-order valence-electron chi connectivity index (χ2n) is 2.45. The lowest BCUT2D eigenvalue weighted by molar-refractivity contribution is -0.123. The second-order valence-corrected chi connectivity index (χ2v) is 2.45. The third kappa shape index (κ3) is 5.40. The van der Waals surface area contributed by atoms with Gasteiger partial charge in [0.05, 0.1) is 6.04 Å². The van der Waals surface area contributed by atoms with Crippen LogP contribution >= 0.6 is 0 Å². The Labute approximate surface area is 70.3 Å². The van der Waals surface area contributed by atoms with E-state index in [4.69, 9.17) is 5.73 Å². The summed E-state index contributed by atoms with van der Waals surface area (Å²) in [4.78, 5) is 31.1. The van der Waals surface area contributed by atoms with Crippen molar-refractivity contribution >= 4 is 18.1 Å². The predicted molar refractivity (Wildman–Crippen MR) is 42.1 cm³/mol. The molecule has 0 bridgehead atoms. The van der Waals surface area contributed by atoms with Gasteiger partial charge in [0.25, 0.3) is 0 Å². The van der Waals surface area contributed by atoms with Crippen molar-refractivity contribution in [1.29, 1.82) is 0 Å². The molecule has 12 heavy (non-hydrogen) atoms. The van der Waals surface area contributed by atoms with Gasteiger partial charge in [-0.3, -0.25) is 9.59 Å². The first-order valence-electron chi connectivity index (χ1n) is 3.57. The van der Waals surface area contributed by atoms with E-state index in [9.17, 15) is 14.4 Å². The van der Waals surface area contributed by atoms with Crippen LogP contribution in [0.4, 0.5) is 0 Å². The normalized spacial score (nSPS) is 11.8. The molecule has 5 heteroatoms. The van der Waals surface area contributed by atoms with Gasteiger partial charge in [-0.25, -0.2) is 0 Å². The average Bonchev–Trinajstić information content (AvgIpc) is 1.97. The van der Waals surface area contributed by atoms with E-state index in [1.165, 1.54) is 6.92 Å². The monoisotopic (exact) mass is 172 g/mol. The number of hydrogen-bond donors (Lipinski definition) is 2. The zero-order valence-electron chi connectivity index (χ0n) is 6.87. The molecule has 0 aromatic carbocycles. The molecule has 0 rings (SSSR count). The smallest absolute Gasteiger partial charge is 0.217 e. The van der Waals surface area contributed by atoms with Gasteiger partial charge in [0.2, 0.25) is 11.8 Å². The lowest BCUT2D eigenvalue weighted by Crippen LogP contribution is -2.35. The Morgan fingerprint density at radius 2 is 2.17 bits per heavy atom. The predicted octanol–water partition coefficient (Wildman–Crippen LogP) is -1.04. The molecule has 0 spiro atoms. The molecule has 1 unspecified atom stereocenters. The van der Waals surface area contributed by atoms with Crippen LogP contribution < -0.4 is 11.1 Å². The first-order valence-corrected chi connectivity index (χ1v) is 3.57. The van der Waals surface area contributed by atoms with Gasteiger partial charge in [0, 0.05) is 13.3 Å². The van der Waals surface area contributed by atoms with E-state index in [-0.39, 0.29) is 18.7 Å². The molecule has 0 aromatic heterocycles. The van der Waals surface area contributed by atoms with Crippen molar-refractivity contribution < 1.29 is 14.4 Å². The minimum atomic E-state index is -0.602. The molecule has 0 aromatic rings. The maximum Gasteiger partial charge on any atom is 0.217 e. The van der Waals surface area contributed by atoms with Crippen LogP contribution in [0.1, 0.15) is 19.8 Å². The fourth-order valence-corrected chi connectivity index (χ4v) is 0.733. The largest absolute Gasteiger partial charge is 0.370 e. The highest BCUT2D eigenvalue weighted by molar-refractivity contribution is 5.78. The molecule has 2 amide bonds. The van der Waals surface area contributed by atoms with E-state index >= 15 is 0 Å². The SMILES string of the molecule is CC(=O)NC(C=O)CCC(N)=O. The molecule has 3 N–H and O–H groups in total. The highest BCUT2D eigenvalue weighted by Crippen LogP contribution is 1.93. The van der Waals surface area contributed by atoms with Gasteiger partial charge in [-0.1, -0.05) is 0 Å². The Hall–Kier alpha value is -1.39. The molecule has 0 heterocycles. The number of carbonyl (C=O) groups excluding carboxylic acids is 3. The zero-order valence-corrected chi connectivity index (χ0v) is 6.87. The summed E-state index contributed by atoms with van der Waals surface area (Å²) in [7, 11) is 0. The van der Waals surface area contributed by atoms with Gasteiger partial charge >= 0.3 is 0 Å². The first-order chi connectivity index (χ1) is 5.56. The first kappa shape index (κ1) is 10.6. The van der Waals surface area contributed by atoms with Crippen LogP contribution in [-0.2, 0) is 14.4 Å². The average molecular weight is 172 g/mol. The summed E-state index contributed by atoms with van der Waals surface area (Å²) in [6.45, 7) is 1.31. The van der Waals surface area contributed by atoms with Crippen molar-refractivity contribution in [1.82, 2.24) is 5.32 Å². The summed E-state index contributed by atoms with van der Waals surface area (Å²) >= 11 is 0. The molecule has 0 aliphatic heterocycles. The number of carbonyl (C=O) groups is 3. The molecule has 0 radical (unpaired) electrons. The highest BCUT2D eigenvalue weighted by Gasteiger charge is 2.08. The Kier molecular flexibility index (Phi) is 4.67. The van der Waals surface area contributed by atoms with Crippen LogP contribution in [0.5, 0.6) is 0 Å². The van der Waals surface area contributed by atoms with Crippen LogP contribution in [0, 0.1) is 0 Å². The van der Waals surface area contributed by atoms with Gasteiger partial charge in [-0.05, 0) is 6.42 Å². The lowest BCUT2D eigenvalue weighted by Gasteiger charge is -2.08. The van der Waals surface area contributed by atoms with Crippen molar-refractivity contribution in [3.63, 3.8) is 0 Å². The second kappa shape index (κ2) is 5.29. The van der Waals surface area contributed by atoms with E-state index in [0.717, 1.165) is 0 Å². The topological polar surface area (TPSA) is 89.3 Å². The van der Waals surface area contributed by atoms with Crippen LogP contribution in [0.25, 0.3) is 0 Å². The summed E-state index contributed by atoms with van der Waals surface area (Å²) in [6.07, 6.45) is 0.951. The van der Waals surface area contributed by atoms with Gasteiger partial charge in [-0.2, -0.15) is 0 Å². The molecule has 0 aliphatic carbocycles. The van der Waals surface area contributed by atoms with Gasteiger partial charge in [0.1, 0.15) is 6.29 Å².